The van der Waals surface area contributed by atoms with E-state index in [0.717, 1.165) is 27.5 Å². The molecule has 3 aromatic heterocycles. The van der Waals surface area contributed by atoms with E-state index in [2.05, 4.69) is 12.1 Å². The van der Waals surface area contributed by atoms with Crippen molar-refractivity contribution >= 4 is 21.8 Å². The monoisotopic (exact) mass is 897 g/mol. The average molecular weight is 898 g/mol. The summed E-state index contributed by atoms with van der Waals surface area (Å²) in [6.07, 6.45) is -4.80. The first-order chi connectivity index (χ1) is 33.7. The Kier molecular flexibility index (Phi) is 10.6. The van der Waals surface area contributed by atoms with E-state index in [1.807, 2.05) is 168 Å². The van der Waals surface area contributed by atoms with Gasteiger partial charge in [-0.3, -0.25) is 0 Å². The number of nitrogens with zero attached hydrogens (tertiary/aromatic N) is 7. The lowest BCUT2D eigenvalue weighted by Crippen LogP contribution is -2.10. The Balaban J connectivity index is 1.29. The van der Waals surface area contributed by atoms with Gasteiger partial charge in [0.05, 0.1) is 68.3 Å². The van der Waals surface area contributed by atoms with Crippen molar-refractivity contribution in [1.82, 2.24) is 24.5 Å². The van der Waals surface area contributed by atoms with Gasteiger partial charge in [-0.25, -0.2) is 19.9 Å². The van der Waals surface area contributed by atoms with Crippen LogP contribution < -0.4 is 0 Å². The summed E-state index contributed by atoms with van der Waals surface area (Å²) in [6.45, 7) is 0. The molecular weight excluding hydrogens is 864 g/mol. The molecule has 8 aromatic carbocycles. The molecule has 0 saturated heterocycles. The van der Waals surface area contributed by atoms with Crippen molar-refractivity contribution in [3.05, 3.63) is 223 Å². The van der Waals surface area contributed by atoms with Crippen LogP contribution in [0.3, 0.4) is 0 Å². The Labute approximate surface area is 394 Å². The van der Waals surface area contributed by atoms with Crippen LogP contribution in [0.25, 0.3) is 106 Å². The molecule has 0 unspecified atom stereocenters. The number of hydrogen-bond acceptors (Lipinski definition) is 6. The van der Waals surface area contributed by atoms with Gasteiger partial charge in [0.15, 0.2) is 11.6 Å². The normalized spacial score (nSPS) is 11.4. The van der Waals surface area contributed by atoms with Crippen LogP contribution in [0.15, 0.2) is 206 Å². The second-order valence-corrected chi connectivity index (χ2v) is 16.4. The van der Waals surface area contributed by atoms with Crippen LogP contribution in [0.2, 0.25) is 0 Å². The lowest BCUT2D eigenvalue weighted by Gasteiger charge is -2.22. The Morgan fingerprint density at radius 3 is 1.29 bits per heavy atom. The van der Waals surface area contributed by atoms with Gasteiger partial charge in [-0.2, -0.15) is 23.7 Å². The van der Waals surface area contributed by atoms with Gasteiger partial charge in [0.1, 0.15) is 0 Å². The van der Waals surface area contributed by atoms with Crippen LogP contribution in [0, 0.1) is 22.7 Å². The molecular formula is C59H34F3N7. The number of benzene rings is 8. The molecule has 0 fully saturated rings. The fraction of sp³-hybridized carbons (Fsp3) is 0.0169. The van der Waals surface area contributed by atoms with Crippen LogP contribution in [0.5, 0.6) is 0 Å². The summed E-state index contributed by atoms with van der Waals surface area (Å²) in [7, 11) is 0. The highest BCUT2D eigenvalue weighted by molar-refractivity contribution is 6.12. The van der Waals surface area contributed by atoms with Crippen LogP contribution in [-0.2, 0) is 6.18 Å². The molecule has 69 heavy (non-hydrogen) atoms. The zero-order chi connectivity index (χ0) is 47.1. The largest absolute Gasteiger partial charge is 0.416 e. The minimum absolute atomic E-state index is 0.185. The highest BCUT2D eigenvalue weighted by Crippen LogP contribution is 2.46. The zero-order valence-corrected chi connectivity index (χ0v) is 36.4. The maximum atomic E-state index is 15.7. The molecule has 0 radical (unpaired) electrons. The van der Waals surface area contributed by atoms with Gasteiger partial charge in [0.2, 0.25) is 0 Å². The highest BCUT2D eigenvalue weighted by atomic mass is 19.4. The maximum absolute atomic E-state index is 15.7. The Bertz CT molecular complexity index is 3540. The Morgan fingerprint density at radius 2 is 0.812 bits per heavy atom. The number of halogens is 3. The van der Waals surface area contributed by atoms with Crippen molar-refractivity contribution in [1.29, 1.82) is 10.5 Å². The molecule has 0 aliphatic rings. The number of aromatic nitrogens is 5. The van der Waals surface area contributed by atoms with Crippen LogP contribution in [0.4, 0.5) is 13.2 Å². The highest BCUT2D eigenvalue weighted by Gasteiger charge is 2.35. The Hall–Kier alpha value is -9.51. The minimum atomic E-state index is -4.80. The molecule has 11 aromatic rings. The second kappa shape index (κ2) is 17.4. The van der Waals surface area contributed by atoms with Crippen molar-refractivity contribution < 1.29 is 13.2 Å². The van der Waals surface area contributed by atoms with Crippen LogP contribution in [0.1, 0.15) is 16.7 Å². The van der Waals surface area contributed by atoms with E-state index in [4.69, 9.17) is 19.9 Å². The van der Waals surface area contributed by atoms with Gasteiger partial charge >= 0.3 is 6.18 Å². The fourth-order valence-electron chi connectivity index (χ4n) is 8.86. The number of alkyl halides is 3. The number of para-hydroxylation sites is 1. The average Bonchev–Trinajstić information content (AvgIpc) is 3.74. The third kappa shape index (κ3) is 8.03. The van der Waals surface area contributed by atoms with Gasteiger partial charge < -0.3 is 4.57 Å². The van der Waals surface area contributed by atoms with E-state index in [1.54, 1.807) is 30.3 Å². The molecule has 0 atom stereocenters. The lowest BCUT2D eigenvalue weighted by molar-refractivity contribution is -0.137. The lowest BCUT2D eigenvalue weighted by atomic mass is 9.95. The summed E-state index contributed by atoms with van der Waals surface area (Å²) in [5.74, 6) is 0.666. The fourth-order valence-corrected chi connectivity index (χ4v) is 8.86. The summed E-state index contributed by atoms with van der Waals surface area (Å²) in [5, 5.41) is 21.3. The molecule has 326 valence electrons. The predicted octanol–water partition coefficient (Wildman–Crippen LogP) is 14.8. The molecule has 0 aliphatic carbocycles. The molecule has 0 saturated carbocycles. The van der Waals surface area contributed by atoms with E-state index in [0.29, 0.717) is 67.6 Å². The third-order valence-corrected chi connectivity index (χ3v) is 12.1. The first-order valence-corrected chi connectivity index (χ1v) is 22.0. The first kappa shape index (κ1) is 42.1. The third-order valence-electron chi connectivity index (χ3n) is 12.1. The quantitative estimate of drug-likeness (QED) is 0.150. The van der Waals surface area contributed by atoms with Gasteiger partial charge in [-0.15, -0.1) is 0 Å². The Morgan fingerprint density at radius 1 is 0.377 bits per heavy atom. The van der Waals surface area contributed by atoms with E-state index >= 15 is 13.2 Å². The zero-order valence-electron chi connectivity index (χ0n) is 36.4. The van der Waals surface area contributed by atoms with Crippen molar-refractivity contribution in [2.75, 3.05) is 0 Å². The van der Waals surface area contributed by atoms with E-state index < -0.39 is 11.7 Å². The van der Waals surface area contributed by atoms with Gasteiger partial charge in [0, 0.05) is 44.2 Å². The molecule has 0 spiro atoms. The van der Waals surface area contributed by atoms with Crippen LogP contribution in [-0.4, -0.2) is 24.5 Å². The molecule has 10 heteroatoms. The number of rotatable bonds is 8. The smallest absolute Gasteiger partial charge is 0.308 e. The van der Waals surface area contributed by atoms with E-state index in [1.165, 1.54) is 12.1 Å². The molecule has 0 N–H and O–H groups in total. The molecule has 7 nitrogen and oxygen atoms in total. The number of nitriles is 2. The first-order valence-electron chi connectivity index (χ1n) is 22.0. The van der Waals surface area contributed by atoms with Crippen molar-refractivity contribution in [2.45, 2.75) is 6.18 Å². The molecule has 11 rings (SSSR count). The second-order valence-electron chi connectivity index (χ2n) is 16.4. The van der Waals surface area contributed by atoms with Crippen molar-refractivity contribution in [3.63, 3.8) is 0 Å². The van der Waals surface area contributed by atoms with E-state index in [9.17, 15) is 10.5 Å². The van der Waals surface area contributed by atoms with Gasteiger partial charge in [-0.1, -0.05) is 146 Å². The number of hydrogen-bond donors (Lipinski definition) is 0. The molecule has 0 amide bonds. The molecule has 0 bridgehead atoms. The summed E-state index contributed by atoms with van der Waals surface area (Å²) < 4.78 is 49.2. The van der Waals surface area contributed by atoms with Crippen LogP contribution >= 0.6 is 0 Å². The van der Waals surface area contributed by atoms with E-state index in [-0.39, 0.29) is 22.5 Å². The van der Waals surface area contributed by atoms with Gasteiger partial charge in [0.25, 0.3) is 0 Å². The van der Waals surface area contributed by atoms with Gasteiger partial charge in [-0.05, 0) is 71.8 Å². The minimum Gasteiger partial charge on any atom is -0.308 e. The number of fused-ring (bicyclic) bond motifs is 3. The predicted molar refractivity (Wildman–Crippen MR) is 264 cm³/mol. The summed E-state index contributed by atoms with van der Waals surface area (Å²) in [4.78, 5) is 20.2. The summed E-state index contributed by atoms with van der Waals surface area (Å²) in [6, 6.07) is 66.5. The standard InChI is InChI=1S/C59H34F3N7/c60-59(61,62)45-31-48(52-33-50(39-15-5-1-6-16-39)65-57(67-52)41-19-9-3-10-20-41)56(49(32-45)53-34-51(40-17-7-2-8-18-40)66-58(68-53)42-21-11-4-12-22-42)69-54-24-14-13-23-46(54)47-30-43(25-26-55(47)69)44-28-37(35-63)27-38(29-44)36-64/h1-34H. The SMILES string of the molecule is N#Cc1cc(C#N)cc(-c2ccc3c(c2)c2ccccc2n3-c2c(-c3cc(-c4ccccc4)nc(-c4ccccc4)n3)cc(C(F)(F)F)cc2-c2cc(-c3ccccc3)nc(-c3ccccc3)n2)c1. The topological polar surface area (TPSA) is 104 Å². The maximum Gasteiger partial charge on any atom is 0.416 e. The summed E-state index contributed by atoms with van der Waals surface area (Å²) >= 11 is 0. The summed E-state index contributed by atoms with van der Waals surface area (Å²) in [5.41, 5.74) is 7.80. The van der Waals surface area contributed by atoms with Crippen molar-refractivity contribution in [2.24, 2.45) is 0 Å². The van der Waals surface area contributed by atoms with Crippen molar-refractivity contribution in [3.8, 4) is 96.8 Å². The molecule has 3 heterocycles. The molecule has 0 aliphatic heterocycles.